The quantitative estimate of drug-likeness (QED) is 0.895. The van der Waals surface area contributed by atoms with Crippen molar-refractivity contribution in [1.29, 1.82) is 5.26 Å². The Morgan fingerprint density at radius 1 is 1.50 bits per heavy atom. The number of hydrogen-bond donors (Lipinski definition) is 2. The molecule has 0 spiro atoms. The molecule has 2 N–H and O–H groups in total. The molecule has 1 atom stereocenters. The summed E-state index contributed by atoms with van der Waals surface area (Å²) in [6.45, 7) is 6.65. The molecule has 1 aromatic rings. The van der Waals surface area contributed by atoms with Crippen LogP contribution in [0.2, 0.25) is 0 Å². The molecule has 0 aliphatic heterocycles. The summed E-state index contributed by atoms with van der Waals surface area (Å²) in [4.78, 5) is 11.7. The lowest BCUT2D eigenvalue weighted by Crippen LogP contribution is -2.42. The van der Waals surface area contributed by atoms with Crippen LogP contribution in [0.15, 0.2) is 12.1 Å². The molecule has 0 radical (unpaired) electrons. The zero-order chi connectivity index (χ0) is 16.9. The van der Waals surface area contributed by atoms with E-state index in [1.54, 1.807) is 33.8 Å². The number of aryl methyl sites for hydroxylation is 1. The van der Waals surface area contributed by atoms with Crippen LogP contribution in [0.3, 0.4) is 0 Å². The van der Waals surface area contributed by atoms with Gasteiger partial charge in [0.1, 0.15) is 17.5 Å². The fourth-order valence-electron chi connectivity index (χ4n) is 1.93. The minimum Gasteiger partial charge on any atom is -0.444 e. The highest BCUT2D eigenvalue weighted by molar-refractivity contribution is 5.68. The van der Waals surface area contributed by atoms with E-state index >= 15 is 0 Å². The first-order valence-corrected chi connectivity index (χ1v) is 6.95. The average molecular weight is 308 g/mol. The second-order valence-corrected chi connectivity index (χ2v) is 6.10. The fraction of sp³-hybridized carbons (Fsp3) is 0.500. The van der Waals surface area contributed by atoms with Crippen LogP contribution in [0, 0.1) is 24.1 Å². The van der Waals surface area contributed by atoms with Crippen LogP contribution in [-0.2, 0) is 11.2 Å². The maximum atomic E-state index is 13.7. The Morgan fingerprint density at radius 3 is 2.64 bits per heavy atom. The maximum absolute atomic E-state index is 13.7. The number of amides is 1. The summed E-state index contributed by atoms with van der Waals surface area (Å²) >= 11 is 0. The Balaban J connectivity index is 2.81. The molecule has 0 aromatic heterocycles. The minimum absolute atomic E-state index is 0.0260. The number of aliphatic hydroxyl groups is 1. The number of ether oxygens (including phenoxy) is 1. The Kier molecular flexibility index (Phi) is 5.89. The highest BCUT2D eigenvalue weighted by Crippen LogP contribution is 2.17. The molecular formula is C16H21FN2O3. The molecular weight excluding hydrogens is 287 g/mol. The Morgan fingerprint density at radius 2 is 2.14 bits per heavy atom. The first-order valence-electron chi connectivity index (χ1n) is 6.95. The normalized spacial score (nSPS) is 12.4. The lowest BCUT2D eigenvalue weighted by atomic mass is 9.99. The van der Waals surface area contributed by atoms with E-state index < -0.39 is 23.6 Å². The maximum Gasteiger partial charge on any atom is 0.407 e. The third-order valence-corrected chi connectivity index (χ3v) is 2.95. The number of nitrogens with zero attached hydrogens (tertiary/aromatic N) is 1. The van der Waals surface area contributed by atoms with Crippen molar-refractivity contribution in [2.24, 2.45) is 0 Å². The first-order chi connectivity index (χ1) is 10.2. The van der Waals surface area contributed by atoms with E-state index in [9.17, 15) is 14.3 Å². The summed E-state index contributed by atoms with van der Waals surface area (Å²) in [6.07, 6.45) is -0.400. The molecule has 0 unspecified atom stereocenters. The van der Waals surface area contributed by atoms with Crippen LogP contribution >= 0.6 is 0 Å². The summed E-state index contributed by atoms with van der Waals surface area (Å²) in [6, 6.07) is 3.89. The van der Waals surface area contributed by atoms with Crippen LogP contribution in [0.25, 0.3) is 0 Å². The largest absolute Gasteiger partial charge is 0.444 e. The van der Waals surface area contributed by atoms with Gasteiger partial charge < -0.3 is 15.2 Å². The number of alkyl carbamates (subject to hydrolysis) is 1. The summed E-state index contributed by atoms with van der Waals surface area (Å²) in [5.41, 5.74) is 0.677. The van der Waals surface area contributed by atoms with E-state index in [1.165, 1.54) is 12.1 Å². The van der Waals surface area contributed by atoms with Gasteiger partial charge in [0.05, 0.1) is 18.2 Å². The topological polar surface area (TPSA) is 82.4 Å². The van der Waals surface area contributed by atoms with E-state index in [-0.39, 0.29) is 18.6 Å². The van der Waals surface area contributed by atoms with Crippen molar-refractivity contribution in [2.45, 2.75) is 45.8 Å². The van der Waals surface area contributed by atoms with Crippen molar-refractivity contribution in [3.8, 4) is 6.07 Å². The van der Waals surface area contributed by atoms with Crippen molar-refractivity contribution in [3.05, 3.63) is 34.6 Å². The minimum atomic E-state index is -0.640. The molecule has 5 nitrogen and oxygen atoms in total. The molecule has 0 heterocycles. The van der Waals surface area contributed by atoms with Gasteiger partial charge in [0.15, 0.2) is 0 Å². The molecule has 22 heavy (non-hydrogen) atoms. The number of carbonyl (C=O) groups is 1. The zero-order valence-electron chi connectivity index (χ0n) is 13.2. The van der Waals surface area contributed by atoms with Gasteiger partial charge in [-0.2, -0.15) is 5.26 Å². The molecule has 0 aliphatic carbocycles. The van der Waals surface area contributed by atoms with Crippen molar-refractivity contribution < 1.29 is 19.0 Å². The highest BCUT2D eigenvalue weighted by atomic mass is 19.1. The number of halogens is 1. The Hall–Kier alpha value is -2.13. The monoisotopic (exact) mass is 308 g/mol. The molecule has 1 aromatic carbocycles. The fourth-order valence-corrected chi connectivity index (χ4v) is 1.93. The van der Waals surface area contributed by atoms with Gasteiger partial charge in [0.25, 0.3) is 0 Å². The predicted octanol–water partition coefficient (Wildman–Crippen LogP) is 2.43. The zero-order valence-corrected chi connectivity index (χ0v) is 13.2. The van der Waals surface area contributed by atoms with E-state index in [0.717, 1.165) is 5.56 Å². The van der Waals surface area contributed by atoms with Gasteiger partial charge in [0, 0.05) is 0 Å². The summed E-state index contributed by atoms with van der Waals surface area (Å²) in [7, 11) is 0. The lowest BCUT2D eigenvalue weighted by molar-refractivity contribution is 0.0482. The molecule has 0 saturated heterocycles. The van der Waals surface area contributed by atoms with Crippen LogP contribution in [0.1, 0.15) is 37.5 Å². The second-order valence-electron chi connectivity index (χ2n) is 6.10. The molecule has 1 rings (SSSR count). The molecule has 0 aliphatic rings. The standard InChI is InChI=1S/C16H21FN2O3/c1-10-5-12(8-18)14(17)7-11(10)6-13(9-20)19-15(21)22-16(2,3)4/h5,7,13,20H,6,9H2,1-4H3,(H,19,21)/t13-/m1/s1. The number of carbonyl (C=O) groups excluding carboxylic acids is 1. The van der Waals surface area contributed by atoms with Gasteiger partial charge in [-0.3, -0.25) is 0 Å². The van der Waals surface area contributed by atoms with Gasteiger partial charge in [0.2, 0.25) is 0 Å². The third kappa shape index (κ3) is 5.34. The summed E-state index contributed by atoms with van der Waals surface area (Å²) in [5.74, 6) is -0.614. The molecule has 0 saturated carbocycles. The molecule has 0 fully saturated rings. The number of nitrogens with one attached hydrogen (secondary N) is 1. The lowest BCUT2D eigenvalue weighted by Gasteiger charge is -2.23. The van der Waals surface area contributed by atoms with Crippen LogP contribution in [0.5, 0.6) is 0 Å². The van der Waals surface area contributed by atoms with Gasteiger partial charge >= 0.3 is 6.09 Å². The van der Waals surface area contributed by atoms with E-state index in [2.05, 4.69) is 5.32 Å². The average Bonchev–Trinajstić information content (AvgIpc) is 2.39. The molecule has 0 bridgehead atoms. The van der Waals surface area contributed by atoms with Crippen molar-refractivity contribution >= 4 is 6.09 Å². The number of nitriles is 1. The SMILES string of the molecule is Cc1cc(C#N)c(F)cc1C[C@H](CO)NC(=O)OC(C)(C)C. The van der Waals surface area contributed by atoms with Crippen LogP contribution in [0.4, 0.5) is 9.18 Å². The van der Waals surface area contributed by atoms with Crippen molar-refractivity contribution in [3.63, 3.8) is 0 Å². The van der Waals surface area contributed by atoms with Gasteiger partial charge in [-0.15, -0.1) is 0 Å². The Labute approximate surface area is 129 Å². The van der Waals surface area contributed by atoms with Crippen molar-refractivity contribution in [2.75, 3.05) is 6.61 Å². The first kappa shape index (κ1) is 17.9. The van der Waals surface area contributed by atoms with Crippen LogP contribution in [-0.4, -0.2) is 29.4 Å². The Bertz CT molecular complexity index is 588. The smallest absolute Gasteiger partial charge is 0.407 e. The second kappa shape index (κ2) is 7.23. The van der Waals surface area contributed by atoms with E-state index in [1.807, 2.05) is 0 Å². The summed E-state index contributed by atoms with van der Waals surface area (Å²) in [5, 5.41) is 20.7. The molecule has 1 amide bonds. The van der Waals surface area contributed by atoms with Crippen molar-refractivity contribution in [1.82, 2.24) is 5.32 Å². The van der Waals surface area contributed by atoms with E-state index in [4.69, 9.17) is 10.00 Å². The molecule has 6 heteroatoms. The van der Waals surface area contributed by atoms with E-state index in [0.29, 0.717) is 5.56 Å². The third-order valence-electron chi connectivity index (χ3n) is 2.95. The molecule has 120 valence electrons. The number of rotatable bonds is 4. The van der Waals surface area contributed by atoms with Crippen LogP contribution < -0.4 is 5.32 Å². The highest BCUT2D eigenvalue weighted by Gasteiger charge is 2.20. The van der Waals surface area contributed by atoms with Gasteiger partial charge in [-0.25, -0.2) is 9.18 Å². The number of hydrogen-bond acceptors (Lipinski definition) is 4. The number of aliphatic hydroxyl groups excluding tert-OH is 1. The number of benzene rings is 1. The van der Waals surface area contributed by atoms with Gasteiger partial charge in [-0.1, -0.05) is 0 Å². The summed E-state index contributed by atoms with van der Waals surface area (Å²) < 4.78 is 18.8. The van der Waals surface area contributed by atoms with Gasteiger partial charge in [-0.05, 0) is 57.4 Å². The predicted molar refractivity (Wildman–Crippen MR) is 79.8 cm³/mol.